The summed E-state index contributed by atoms with van der Waals surface area (Å²) in [4.78, 5) is 4.76. The highest BCUT2D eigenvalue weighted by atomic mass is 32.2. The van der Waals surface area contributed by atoms with E-state index in [1.165, 1.54) is 24.0 Å². The highest BCUT2D eigenvalue weighted by molar-refractivity contribution is 8.00. The van der Waals surface area contributed by atoms with Crippen LogP contribution in [0.3, 0.4) is 0 Å². The minimum Gasteiger partial charge on any atom is -0.271 e. The van der Waals surface area contributed by atoms with Crippen molar-refractivity contribution in [1.82, 2.24) is 10.4 Å². The van der Waals surface area contributed by atoms with Gasteiger partial charge in [-0.3, -0.25) is 16.3 Å². The summed E-state index contributed by atoms with van der Waals surface area (Å²) in [7, 11) is 0. The number of fused-ring (bicyclic) bond motifs is 1. The molecule has 2 aromatic rings. The van der Waals surface area contributed by atoms with Crippen molar-refractivity contribution >= 4 is 22.7 Å². The molecule has 1 aliphatic heterocycles. The topological polar surface area (TPSA) is 50.9 Å². The minimum absolute atomic E-state index is 0.224. The van der Waals surface area contributed by atoms with E-state index in [4.69, 9.17) is 10.8 Å². The van der Waals surface area contributed by atoms with Gasteiger partial charge in [0.2, 0.25) is 0 Å². The Kier molecular flexibility index (Phi) is 3.96. The number of hydrogen-bond donors (Lipinski definition) is 2. The SMILES string of the molecule is CC1(C(Cc2ccc3ccccc3n2)NN)CCCS1. The molecule has 3 rings (SSSR count). The maximum Gasteiger partial charge on any atom is 0.0705 e. The zero-order valence-electron chi connectivity index (χ0n) is 11.8. The highest BCUT2D eigenvalue weighted by Crippen LogP contribution is 2.41. The number of benzene rings is 1. The van der Waals surface area contributed by atoms with E-state index in [9.17, 15) is 0 Å². The lowest BCUT2D eigenvalue weighted by Crippen LogP contribution is -2.50. The Morgan fingerprint density at radius 3 is 2.95 bits per heavy atom. The van der Waals surface area contributed by atoms with Gasteiger partial charge < -0.3 is 0 Å². The van der Waals surface area contributed by atoms with Crippen LogP contribution in [0.5, 0.6) is 0 Å². The Morgan fingerprint density at radius 2 is 2.20 bits per heavy atom. The molecule has 0 bridgehead atoms. The lowest BCUT2D eigenvalue weighted by molar-refractivity contribution is 0.403. The normalized spacial score (nSPS) is 24.1. The second-order valence-corrected chi connectivity index (χ2v) is 7.31. The average Bonchev–Trinajstić information content (AvgIpc) is 2.92. The van der Waals surface area contributed by atoms with Gasteiger partial charge in [0.15, 0.2) is 0 Å². The molecular formula is C16H21N3S. The number of hydrazine groups is 1. The third-order valence-electron chi connectivity index (χ3n) is 4.26. The predicted molar refractivity (Wildman–Crippen MR) is 86.7 cm³/mol. The number of nitrogens with one attached hydrogen (secondary N) is 1. The predicted octanol–water partition coefficient (Wildman–Crippen LogP) is 2.89. The number of hydrogen-bond acceptors (Lipinski definition) is 4. The number of nitrogens with two attached hydrogens (primary N) is 1. The molecule has 0 amide bonds. The fraction of sp³-hybridized carbons (Fsp3) is 0.438. The fourth-order valence-corrected chi connectivity index (χ4v) is 4.35. The van der Waals surface area contributed by atoms with Crippen LogP contribution in [0.2, 0.25) is 0 Å². The number of rotatable bonds is 4. The first-order valence-electron chi connectivity index (χ1n) is 7.16. The molecule has 0 radical (unpaired) electrons. The van der Waals surface area contributed by atoms with Crippen molar-refractivity contribution in [3.8, 4) is 0 Å². The molecule has 1 aromatic heterocycles. The number of pyridine rings is 1. The summed E-state index contributed by atoms with van der Waals surface area (Å²) in [6.45, 7) is 2.32. The molecule has 4 heteroatoms. The molecule has 2 heterocycles. The molecule has 0 aliphatic carbocycles. The van der Waals surface area contributed by atoms with Gasteiger partial charge in [-0.05, 0) is 37.7 Å². The van der Waals surface area contributed by atoms with Crippen LogP contribution in [0.25, 0.3) is 10.9 Å². The number of aromatic nitrogens is 1. The van der Waals surface area contributed by atoms with Crippen LogP contribution in [0.15, 0.2) is 36.4 Å². The van der Waals surface area contributed by atoms with Gasteiger partial charge in [0, 0.05) is 28.3 Å². The van der Waals surface area contributed by atoms with Gasteiger partial charge in [-0.25, -0.2) is 0 Å². The summed E-state index contributed by atoms with van der Waals surface area (Å²) in [6, 6.07) is 12.8. The van der Waals surface area contributed by atoms with E-state index in [0.717, 1.165) is 17.6 Å². The molecule has 2 atom stereocenters. The van der Waals surface area contributed by atoms with Crippen molar-refractivity contribution in [3.63, 3.8) is 0 Å². The van der Waals surface area contributed by atoms with Crippen LogP contribution < -0.4 is 11.3 Å². The van der Waals surface area contributed by atoms with Crippen LogP contribution in [0.1, 0.15) is 25.5 Å². The summed E-state index contributed by atoms with van der Waals surface area (Å²) in [5.41, 5.74) is 5.19. The average molecular weight is 287 g/mol. The number of thioether (sulfide) groups is 1. The standard InChI is InChI=1S/C16H21N3S/c1-16(9-4-10-20-16)15(19-17)11-13-8-7-12-5-2-3-6-14(12)18-13/h2-3,5-8,15,19H,4,9-11,17H2,1H3. The van der Waals surface area contributed by atoms with Crippen molar-refractivity contribution in [1.29, 1.82) is 0 Å². The summed E-state index contributed by atoms with van der Waals surface area (Å²) < 4.78 is 0.224. The molecule has 106 valence electrons. The lowest BCUT2D eigenvalue weighted by Gasteiger charge is -2.32. The Bertz CT molecular complexity index is 593. The highest BCUT2D eigenvalue weighted by Gasteiger charge is 2.37. The quantitative estimate of drug-likeness (QED) is 0.670. The van der Waals surface area contributed by atoms with Gasteiger partial charge in [0.1, 0.15) is 0 Å². The monoisotopic (exact) mass is 287 g/mol. The summed E-state index contributed by atoms with van der Waals surface area (Å²) in [5.74, 6) is 7.04. The van der Waals surface area contributed by atoms with Gasteiger partial charge in [-0.15, -0.1) is 0 Å². The van der Waals surface area contributed by atoms with E-state index >= 15 is 0 Å². The van der Waals surface area contributed by atoms with Gasteiger partial charge in [0.05, 0.1) is 5.52 Å². The third-order valence-corrected chi connectivity index (χ3v) is 5.90. The molecule has 1 fully saturated rings. The maximum atomic E-state index is 5.81. The van der Waals surface area contributed by atoms with Gasteiger partial charge in [-0.1, -0.05) is 24.3 Å². The van der Waals surface area contributed by atoms with E-state index < -0.39 is 0 Å². The van der Waals surface area contributed by atoms with Crippen LogP contribution >= 0.6 is 11.8 Å². The lowest BCUT2D eigenvalue weighted by atomic mass is 9.92. The van der Waals surface area contributed by atoms with Crippen LogP contribution in [-0.4, -0.2) is 21.5 Å². The molecule has 1 aromatic carbocycles. The van der Waals surface area contributed by atoms with Crippen LogP contribution in [-0.2, 0) is 6.42 Å². The molecule has 3 N–H and O–H groups in total. The van der Waals surface area contributed by atoms with Crippen molar-refractivity contribution in [3.05, 3.63) is 42.1 Å². The summed E-state index contributed by atoms with van der Waals surface area (Å²) in [6.07, 6.45) is 3.38. The smallest absolute Gasteiger partial charge is 0.0705 e. The molecule has 20 heavy (non-hydrogen) atoms. The number of para-hydroxylation sites is 1. The Balaban J connectivity index is 1.83. The first kappa shape index (κ1) is 13.9. The molecule has 0 spiro atoms. The van der Waals surface area contributed by atoms with E-state index in [1.54, 1.807) is 0 Å². The Morgan fingerprint density at radius 1 is 1.35 bits per heavy atom. The van der Waals surface area contributed by atoms with Crippen molar-refractivity contribution in [2.24, 2.45) is 5.84 Å². The fourth-order valence-electron chi connectivity index (χ4n) is 2.96. The van der Waals surface area contributed by atoms with Crippen LogP contribution in [0, 0.1) is 0 Å². The summed E-state index contributed by atoms with van der Waals surface area (Å²) >= 11 is 2.03. The van der Waals surface area contributed by atoms with E-state index in [1.807, 2.05) is 23.9 Å². The van der Waals surface area contributed by atoms with Gasteiger partial charge in [0.25, 0.3) is 0 Å². The van der Waals surface area contributed by atoms with Crippen molar-refractivity contribution in [2.75, 3.05) is 5.75 Å². The van der Waals surface area contributed by atoms with Gasteiger partial charge >= 0.3 is 0 Å². The summed E-state index contributed by atoms with van der Waals surface area (Å²) in [5, 5.41) is 1.19. The number of nitrogens with zero attached hydrogens (tertiary/aromatic N) is 1. The molecule has 2 unspecified atom stereocenters. The molecule has 3 nitrogen and oxygen atoms in total. The molecular weight excluding hydrogens is 266 g/mol. The first-order valence-corrected chi connectivity index (χ1v) is 8.15. The third kappa shape index (κ3) is 2.68. The minimum atomic E-state index is 0.224. The van der Waals surface area contributed by atoms with Crippen molar-refractivity contribution < 1.29 is 0 Å². The van der Waals surface area contributed by atoms with Crippen molar-refractivity contribution in [2.45, 2.75) is 37.0 Å². The molecule has 1 aliphatic rings. The molecule has 0 saturated carbocycles. The Hall–Kier alpha value is -1.10. The zero-order chi connectivity index (χ0) is 14.0. The zero-order valence-corrected chi connectivity index (χ0v) is 12.6. The van der Waals surface area contributed by atoms with E-state index in [-0.39, 0.29) is 10.8 Å². The van der Waals surface area contributed by atoms with Crippen LogP contribution in [0.4, 0.5) is 0 Å². The van der Waals surface area contributed by atoms with Gasteiger partial charge in [-0.2, -0.15) is 11.8 Å². The second-order valence-electron chi connectivity index (χ2n) is 5.68. The first-order chi connectivity index (χ1) is 9.71. The van der Waals surface area contributed by atoms with E-state index in [2.05, 4.69) is 36.6 Å². The van der Waals surface area contributed by atoms with E-state index in [0.29, 0.717) is 0 Å². The maximum absolute atomic E-state index is 5.81. The second kappa shape index (κ2) is 5.72. The Labute approximate surface area is 124 Å². The molecule has 1 saturated heterocycles. The largest absolute Gasteiger partial charge is 0.271 e.